The second-order valence-corrected chi connectivity index (χ2v) is 5.87. The van der Waals surface area contributed by atoms with E-state index in [1.807, 2.05) is 23.6 Å². The molecule has 0 saturated carbocycles. The first kappa shape index (κ1) is 13.4. The van der Waals surface area contributed by atoms with Crippen LogP contribution in [0.5, 0.6) is 0 Å². The molecular formula is C15H17NO3S. The first-order chi connectivity index (χ1) is 9.84. The number of thiophene rings is 1. The SMILES string of the molecule is O=C(NC[C@H](c1ccco1)c1cccs1)[C@H]1CCOC1. The van der Waals surface area contributed by atoms with Crippen LogP contribution in [0.4, 0.5) is 0 Å². The summed E-state index contributed by atoms with van der Waals surface area (Å²) < 4.78 is 10.8. The summed E-state index contributed by atoms with van der Waals surface area (Å²) in [4.78, 5) is 13.3. The molecule has 0 bridgehead atoms. The van der Waals surface area contributed by atoms with Crippen LogP contribution in [-0.2, 0) is 9.53 Å². The molecule has 0 aromatic carbocycles. The van der Waals surface area contributed by atoms with Crippen molar-refractivity contribution < 1.29 is 13.9 Å². The van der Waals surface area contributed by atoms with Crippen LogP contribution in [0, 0.1) is 5.92 Å². The summed E-state index contributed by atoms with van der Waals surface area (Å²) >= 11 is 1.68. The van der Waals surface area contributed by atoms with E-state index in [1.165, 1.54) is 4.88 Å². The molecule has 0 unspecified atom stereocenters. The van der Waals surface area contributed by atoms with Crippen molar-refractivity contribution in [1.29, 1.82) is 0 Å². The second kappa shape index (κ2) is 6.24. The van der Waals surface area contributed by atoms with Crippen LogP contribution in [0.1, 0.15) is 23.0 Å². The van der Waals surface area contributed by atoms with Crippen LogP contribution < -0.4 is 5.32 Å². The van der Waals surface area contributed by atoms with E-state index in [0.29, 0.717) is 19.8 Å². The highest BCUT2D eigenvalue weighted by atomic mass is 32.1. The van der Waals surface area contributed by atoms with E-state index in [9.17, 15) is 4.79 Å². The summed E-state index contributed by atoms with van der Waals surface area (Å²) in [5, 5.41) is 5.07. The van der Waals surface area contributed by atoms with Crippen molar-refractivity contribution in [1.82, 2.24) is 5.32 Å². The van der Waals surface area contributed by atoms with E-state index >= 15 is 0 Å². The Balaban J connectivity index is 1.66. The highest BCUT2D eigenvalue weighted by molar-refractivity contribution is 7.10. The molecule has 1 N–H and O–H groups in total. The molecule has 1 aliphatic rings. The van der Waals surface area contributed by atoms with Gasteiger partial charge >= 0.3 is 0 Å². The predicted molar refractivity (Wildman–Crippen MR) is 76.8 cm³/mol. The fourth-order valence-electron chi connectivity index (χ4n) is 2.41. The maximum atomic E-state index is 12.1. The second-order valence-electron chi connectivity index (χ2n) is 4.89. The number of ether oxygens (including phenoxy) is 1. The fraction of sp³-hybridized carbons (Fsp3) is 0.400. The Morgan fingerprint density at radius 2 is 2.40 bits per heavy atom. The maximum Gasteiger partial charge on any atom is 0.225 e. The van der Waals surface area contributed by atoms with Crippen molar-refractivity contribution in [3.05, 3.63) is 46.5 Å². The van der Waals surface area contributed by atoms with Crippen molar-refractivity contribution in [3.63, 3.8) is 0 Å². The number of hydrogen-bond acceptors (Lipinski definition) is 4. The first-order valence-corrected chi connectivity index (χ1v) is 7.65. The molecule has 0 radical (unpaired) electrons. The van der Waals surface area contributed by atoms with E-state index in [0.717, 1.165) is 12.2 Å². The van der Waals surface area contributed by atoms with Crippen molar-refractivity contribution in [3.8, 4) is 0 Å². The fourth-order valence-corrected chi connectivity index (χ4v) is 3.24. The highest BCUT2D eigenvalue weighted by Crippen LogP contribution is 2.28. The maximum absolute atomic E-state index is 12.1. The highest BCUT2D eigenvalue weighted by Gasteiger charge is 2.25. The average molecular weight is 291 g/mol. The molecule has 20 heavy (non-hydrogen) atoms. The topological polar surface area (TPSA) is 51.5 Å². The minimum absolute atomic E-state index is 0.00409. The Bertz CT molecular complexity index is 495. The van der Waals surface area contributed by atoms with E-state index in [1.54, 1.807) is 17.6 Å². The summed E-state index contributed by atoms with van der Waals surface area (Å²) in [7, 11) is 0. The van der Waals surface area contributed by atoms with E-state index < -0.39 is 0 Å². The van der Waals surface area contributed by atoms with Crippen LogP contribution in [0.3, 0.4) is 0 Å². The molecule has 1 fully saturated rings. The Labute approximate surface area is 121 Å². The molecular weight excluding hydrogens is 274 g/mol. The van der Waals surface area contributed by atoms with Gasteiger partial charge in [0.15, 0.2) is 0 Å². The molecule has 2 atom stereocenters. The van der Waals surface area contributed by atoms with Crippen LogP contribution in [-0.4, -0.2) is 25.7 Å². The van der Waals surface area contributed by atoms with Crippen molar-refractivity contribution >= 4 is 17.2 Å². The number of hydrogen-bond donors (Lipinski definition) is 1. The van der Waals surface area contributed by atoms with Gasteiger partial charge in [-0.2, -0.15) is 0 Å². The Morgan fingerprint density at radius 1 is 1.45 bits per heavy atom. The number of carbonyl (C=O) groups is 1. The van der Waals surface area contributed by atoms with Gasteiger partial charge < -0.3 is 14.5 Å². The number of rotatable bonds is 5. The van der Waals surface area contributed by atoms with Crippen LogP contribution in [0.25, 0.3) is 0 Å². The molecule has 2 aromatic heterocycles. The van der Waals surface area contributed by atoms with E-state index in [2.05, 4.69) is 11.4 Å². The number of furan rings is 1. The summed E-state index contributed by atoms with van der Waals surface area (Å²) in [6, 6.07) is 7.92. The third-order valence-electron chi connectivity index (χ3n) is 3.55. The monoisotopic (exact) mass is 291 g/mol. The van der Waals surface area contributed by atoms with Gasteiger partial charge in [-0.1, -0.05) is 6.07 Å². The molecule has 3 rings (SSSR count). The minimum Gasteiger partial charge on any atom is -0.469 e. The average Bonchev–Trinajstić information content (AvgIpc) is 3.22. The largest absolute Gasteiger partial charge is 0.469 e. The first-order valence-electron chi connectivity index (χ1n) is 6.77. The van der Waals surface area contributed by atoms with E-state index in [4.69, 9.17) is 9.15 Å². The Kier molecular flexibility index (Phi) is 4.18. The van der Waals surface area contributed by atoms with Gasteiger partial charge in [0.2, 0.25) is 5.91 Å². The molecule has 1 aliphatic heterocycles. The van der Waals surface area contributed by atoms with Gasteiger partial charge in [0, 0.05) is 18.0 Å². The third kappa shape index (κ3) is 2.94. The van der Waals surface area contributed by atoms with Crippen molar-refractivity contribution in [2.24, 2.45) is 5.92 Å². The lowest BCUT2D eigenvalue weighted by Crippen LogP contribution is -2.34. The van der Waals surface area contributed by atoms with Gasteiger partial charge in [-0.3, -0.25) is 4.79 Å². The van der Waals surface area contributed by atoms with Crippen molar-refractivity contribution in [2.45, 2.75) is 12.3 Å². The van der Waals surface area contributed by atoms with Gasteiger partial charge in [-0.25, -0.2) is 0 Å². The molecule has 106 valence electrons. The zero-order valence-corrected chi connectivity index (χ0v) is 11.9. The molecule has 0 aliphatic carbocycles. The van der Waals surface area contributed by atoms with Gasteiger partial charge in [0.1, 0.15) is 5.76 Å². The van der Waals surface area contributed by atoms with Crippen molar-refractivity contribution in [2.75, 3.05) is 19.8 Å². The molecule has 0 spiro atoms. The van der Waals surface area contributed by atoms with Gasteiger partial charge in [-0.05, 0) is 30.0 Å². The summed E-state index contributed by atoms with van der Waals surface area (Å²) in [6.45, 7) is 1.78. The standard InChI is InChI=1S/C15H17NO3S/c17-15(11-5-7-18-10-11)16-9-12(13-3-1-6-19-13)14-4-2-8-20-14/h1-4,6,8,11-12H,5,7,9-10H2,(H,16,17)/t11-,12+/m0/s1. The van der Waals surface area contributed by atoms with Gasteiger partial charge in [-0.15, -0.1) is 11.3 Å². The smallest absolute Gasteiger partial charge is 0.225 e. The Hall–Kier alpha value is -1.59. The van der Waals surface area contributed by atoms with Crippen LogP contribution in [0.15, 0.2) is 40.3 Å². The predicted octanol–water partition coefficient (Wildman–Crippen LogP) is 2.63. The van der Waals surface area contributed by atoms with Gasteiger partial charge in [0.25, 0.3) is 0 Å². The third-order valence-corrected chi connectivity index (χ3v) is 4.54. The lowest BCUT2D eigenvalue weighted by Gasteiger charge is -2.15. The van der Waals surface area contributed by atoms with E-state index in [-0.39, 0.29) is 17.7 Å². The number of nitrogens with one attached hydrogen (secondary N) is 1. The zero-order chi connectivity index (χ0) is 13.8. The zero-order valence-electron chi connectivity index (χ0n) is 11.1. The molecule has 5 heteroatoms. The molecule has 1 amide bonds. The lowest BCUT2D eigenvalue weighted by molar-refractivity contribution is -0.124. The molecule has 3 heterocycles. The molecule has 4 nitrogen and oxygen atoms in total. The molecule has 2 aromatic rings. The normalized spacial score (nSPS) is 19.9. The quantitative estimate of drug-likeness (QED) is 0.921. The molecule has 1 saturated heterocycles. The van der Waals surface area contributed by atoms with Crippen LogP contribution in [0.2, 0.25) is 0 Å². The summed E-state index contributed by atoms with van der Waals surface area (Å²) in [5.74, 6) is 1.04. The van der Waals surface area contributed by atoms with Gasteiger partial charge in [0.05, 0.1) is 24.7 Å². The van der Waals surface area contributed by atoms with Crippen LogP contribution >= 0.6 is 11.3 Å². The number of amides is 1. The minimum atomic E-state index is -0.00409. The summed E-state index contributed by atoms with van der Waals surface area (Å²) in [6.07, 6.45) is 2.48. The lowest BCUT2D eigenvalue weighted by atomic mass is 10.0. The Morgan fingerprint density at radius 3 is 3.05 bits per heavy atom. The number of carbonyl (C=O) groups excluding carboxylic acids is 1. The summed E-state index contributed by atoms with van der Waals surface area (Å²) in [5.41, 5.74) is 0.